The molecule has 2 atom stereocenters. The first-order valence-electron chi connectivity index (χ1n) is 13.1. The summed E-state index contributed by atoms with van der Waals surface area (Å²) in [6, 6.07) is 0. The Kier molecular flexibility index (Phi) is 11.4. The van der Waals surface area contributed by atoms with Crippen molar-refractivity contribution in [2.75, 3.05) is 12.3 Å². The topological polar surface area (TPSA) is 0 Å². The highest BCUT2D eigenvalue weighted by molar-refractivity contribution is 7.77. The molecule has 28 heavy (non-hydrogen) atoms. The van der Waals surface area contributed by atoms with Gasteiger partial charge in [-0.3, -0.25) is 0 Å². The largest absolute Gasteiger partial charge is 0.0930 e. The number of hydrogen-bond donors (Lipinski definition) is 0. The minimum Gasteiger partial charge on any atom is -0.0930 e. The van der Waals surface area contributed by atoms with Gasteiger partial charge in [-0.05, 0) is 79.4 Å². The molecule has 2 heteroatoms. The fraction of sp³-hybridized carbons (Fsp3) is 1.00. The van der Waals surface area contributed by atoms with Crippen LogP contribution < -0.4 is 0 Å². The Balaban J connectivity index is 2.22. The molecule has 0 aromatic rings. The van der Waals surface area contributed by atoms with Gasteiger partial charge in [0.15, 0.2) is 0 Å². The molecule has 2 aliphatic rings. The highest BCUT2D eigenvalue weighted by Gasteiger charge is 2.50. The standard InChI is InChI=1S/C26H52P2/c1-6-10-16-25(17-11-7-2)20-14-22-27(25)24(5)28-23-15-21-26(28,18-12-8-3)19-13-9-4/h24H,6-23H2,1-5H3. The maximum atomic E-state index is 2.79. The fourth-order valence-corrected chi connectivity index (χ4v) is 17.1. The highest BCUT2D eigenvalue weighted by Crippen LogP contribution is 2.77. The van der Waals surface area contributed by atoms with Crippen LogP contribution >= 0.6 is 15.8 Å². The Morgan fingerprint density at radius 2 is 0.929 bits per heavy atom. The Morgan fingerprint density at radius 3 is 1.21 bits per heavy atom. The van der Waals surface area contributed by atoms with E-state index in [1.165, 1.54) is 51.4 Å². The van der Waals surface area contributed by atoms with Gasteiger partial charge in [-0.1, -0.05) is 102 Å². The highest BCUT2D eigenvalue weighted by atomic mass is 31.2. The summed E-state index contributed by atoms with van der Waals surface area (Å²) in [6.45, 7) is 12.4. The zero-order valence-corrected chi connectivity index (χ0v) is 22.0. The predicted octanol–water partition coefficient (Wildman–Crippen LogP) is 10.1. The first-order valence-corrected chi connectivity index (χ1v) is 16.3. The van der Waals surface area contributed by atoms with Crippen molar-refractivity contribution in [3.05, 3.63) is 0 Å². The van der Waals surface area contributed by atoms with Crippen molar-refractivity contribution in [2.45, 2.75) is 153 Å². The van der Waals surface area contributed by atoms with Crippen LogP contribution in [0.15, 0.2) is 0 Å². The van der Waals surface area contributed by atoms with Gasteiger partial charge in [-0.25, -0.2) is 0 Å². The van der Waals surface area contributed by atoms with Crippen molar-refractivity contribution in [2.24, 2.45) is 0 Å². The minimum absolute atomic E-state index is 0.252. The normalized spacial score (nSPS) is 27.3. The summed E-state index contributed by atoms with van der Waals surface area (Å²) < 4.78 is 0. The van der Waals surface area contributed by atoms with Crippen LogP contribution in [-0.2, 0) is 0 Å². The molecule has 166 valence electrons. The van der Waals surface area contributed by atoms with Crippen molar-refractivity contribution in [3.63, 3.8) is 0 Å². The third-order valence-corrected chi connectivity index (χ3v) is 17.0. The summed E-state index contributed by atoms with van der Waals surface area (Å²) in [4.78, 5) is 0. The van der Waals surface area contributed by atoms with Crippen LogP contribution in [0.1, 0.15) is 137 Å². The van der Waals surface area contributed by atoms with Crippen molar-refractivity contribution in [3.8, 4) is 0 Å². The molecule has 0 aliphatic carbocycles. The van der Waals surface area contributed by atoms with E-state index in [0.29, 0.717) is 0 Å². The lowest BCUT2D eigenvalue weighted by Crippen LogP contribution is -2.31. The lowest BCUT2D eigenvalue weighted by Gasteiger charge is -2.47. The molecule has 0 bridgehead atoms. The van der Waals surface area contributed by atoms with Crippen molar-refractivity contribution >= 4 is 15.8 Å². The Labute approximate surface area is 181 Å². The number of rotatable bonds is 14. The maximum absolute atomic E-state index is 2.79. The van der Waals surface area contributed by atoms with E-state index in [2.05, 4.69) is 34.6 Å². The molecule has 2 aliphatic heterocycles. The first kappa shape index (κ1) is 25.1. The van der Waals surface area contributed by atoms with Crippen LogP contribution in [0, 0.1) is 0 Å². The molecule has 0 spiro atoms. The van der Waals surface area contributed by atoms with E-state index in [-0.39, 0.29) is 15.8 Å². The van der Waals surface area contributed by atoms with Gasteiger partial charge in [0.1, 0.15) is 0 Å². The van der Waals surface area contributed by atoms with Gasteiger partial charge in [0.05, 0.1) is 0 Å². The lowest BCUT2D eigenvalue weighted by molar-refractivity contribution is 0.440. The van der Waals surface area contributed by atoms with E-state index in [0.717, 1.165) is 15.7 Å². The van der Waals surface area contributed by atoms with Gasteiger partial charge in [-0.15, -0.1) is 0 Å². The van der Waals surface area contributed by atoms with Crippen LogP contribution in [0.25, 0.3) is 0 Å². The Morgan fingerprint density at radius 1 is 0.607 bits per heavy atom. The van der Waals surface area contributed by atoms with Gasteiger partial charge >= 0.3 is 0 Å². The van der Waals surface area contributed by atoms with E-state index < -0.39 is 0 Å². The predicted molar refractivity (Wildman–Crippen MR) is 135 cm³/mol. The van der Waals surface area contributed by atoms with Crippen LogP contribution in [-0.4, -0.2) is 28.0 Å². The summed E-state index contributed by atoms with van der Waals surface area (Å²) in [5.41, 5.74) is 0. The van der Waals surface area contributed by atoms with E-state index in [9.17, 15) is 0 Å². The third-order valence-electron chi connectivity index (χ3n) is 8.19. The van der Waals surface area contributed by atoms with Crippen LogP contribution in [0.5, 0.6) is 0 Å². The zero-order chi connectivity index (χ0) is 20.5. The zero-order valence-electron chi connectivity index (χ0n) is 20.2. The van der Waals surface area contributed by atoms with Gasteiger partial charge in [-0.2, -0.15) is 0 Å². The molecule has 2 fully saturated rings. The van der Waals surface area contributed by atoms with Gasteiger partial charge in [0, 0.05) is 0 Å². The van der Waals surface area contributed by atoms with E-state index in [1.54, 1.807) is 63.7 Å². The molecule has 2 unspecified atom stereocenters. The SMILES string of the molecule is CCCCC1(CCCC)CCCP1C(C)P1CCCC1(CCCC)CCCC. The third kappa shape index (κ3) is 5.97. The first-order chi connectivity index (χ1) is 13.6. The lowest BCUT2D eigenvalue weighted by atomic mass is 9.91. The molecule has 0 saturated carbocycles. The summed E-state index contributed by atoms with van der Waals surface area (Å²) in [5.74, 6) is 0. The molecular weight excluding hydrogens is 374 g/mol. The number of unbranched alkanes of at least 4 members (excludes halogenated alkanes) is 4. The number of hydrogen-bond acceptors (Lipinski definition) is 0. The van der Waals surface area contributed by atoms with E-state index >= 15 is 0 Å². The second-order valence-electron chi connectivity index (χ2n) is 10.1. The quantitative estimate of drug-likeness (QED) is 0.242. The van der Waals surface area contributed by atoms with Gasteiger partial charge in [0.2, 0.25) is 0 Å². The molecule has 0 radical (unpaired) electrons. The van der Waals surface area contributed by atoms with Crippen LogP contribution in [0.3, 0.4) is 0 Å². The maximum Gasteiger partial charge on any atom is -0.00242 e. The van der Waals surface area contributed by atoms with Crippen LogP contribution in [0.4, 0.5) is 0 Å². The molecule has 2 heterocycles. The molecule has 0 N–H and O–H groups in total. The smallest absolute Gasteiger partial charge is 0.00242 e. The fourth-order valence-electron chi connectivity index (χ4n) is 6.60. The minimum atomic E-state index is 0.252. The second kappa shape index (κ2) is 12.7. The van der Waals surface area contributed by atoms with Crippen molar-refractivity contribution in [1.29, 1.82) is 0 Å². The van der Waals surface area contributed by atoms with Crippen molar-refractivity contribution in [1.82, 2.24) is 0 Å². The molecule has 0 amide bonds. The average Bonchev–Trinajstić information content (AvgIpc) is 3.32. The summed E-state index contributed by atoms with van der Waals surface area (Å²) in [7, 11) is 0.504. The second-order valence-corrected chi connectivity index (χ2v) is 16.7. The Hall–Kier alpha value is 0.860. The Bertz CT molecular complexity index is 365. The summed E-state index contributed by atoms with van der Waals surface area (Å²) in [5, 5.41) is 2.66. The van der Waals surface area contributed by atoms with Gasteiger partial charge in [0.25, 0.3) is 0 Å². The molecule has 0 aromatic heterocycles. The average molecular weight is 427 g/mol. The molecular formula is C26H52P2. The summed E-state index contributed by atoms with van der Waals surface area (Å²) >= 11 is 0. The monoisotopic (exact) mass is 426 g/mol. The molecule has 2 rings (SSSR count). The van der Waals surface area contributed by atoms with Gasteiger partial charge < -0.3 is 0 Å². The molecule has 0 aromatic carbocycles. The van der Waals surface area contributed by atoms with Crippen molar-refractivity contribution < 1.29 is 0 Å². The van der Waals surface area contributed by atoms with Crippen LogP contribution in [0.2, 0.25) is 0 Å². The van der Waals surface area contributed by atoms with E-state index in [1.807, 2.05) is 0 Å². The summed E-state index contributed by atoms with van der Waals surface area (Å²) in [6.07, 6.45) is 27.4. The van der Waals surface area contributed by atoms with E-state index in [4.69, 9.17) is 0 Å². The molecule has 2 saturated heterocycles. The molecule has 0 nitrogen and oxygen atoms in total.